The molecule has 1 aromatic carbocycles. The molecule has 0 aliphatic carbocycles. The molecule has 1 amide bonds. The summed E-state index contributed by atoms with van der Waals surface area (Å²) >= 11 is 1.46. The normalized spacial score (nSPS) is 19.7. The Bertz CT molecular complexity index is 532. The monoisotopic (exact) mass is 274 g/mol. The largest absolute Gasteiger partial charge is 0.287 e. The van der Waals surface area contributed by atoms with E-state index in [9.17, 15) is 4.79 Å². The minimum absolute atomic E-state index is 0.0558. The molecule has 0 N–H and O–H groups in total. The molecule has 0 spiro atoms. The molecule has 1 aromatic rings. The quantitative estimate of drug-likeness (QED) is 0.792. The third-order valence-corrected chi connectivity index (χ3v) is 3.92. The molecule has 0 unspecified atom stereocenters. The van der Waals surface area contributed by atoms with Gasteiger partial charge in [0.25, 0.3) is 5.91 Å². The SMILES string of the molecule is CCN=C1S/C(=C\c2ccc(C)cc2)C(=O)N1CC. The first-order valence-electron chi connectivity index (χ1n) is 6.48. The topological polar surface area (TPSA) is 32.7 Å². The van der Waals surface area contributed by atoms with Crippen LogP contribution in [0.4, 0.5) is 0 Å². The number of nitrogens with zero attached hydrogens (tertiary/aromatic N) is 2. The fourth-order valence-corrected chi connectivity index (χ4v) is 2.96. The summed E-state index contributed by atoms with van der Waals surface area (Å²) in [4.78, 5) is 19.1. The van der Waals surface area contributed by atoms with Crippen molar-refractivity contribution in [2.45, 2.75) is 20.8 Å². The lowest BCUT2D eigenvalue weighted by Crippen LogP contribution is -2.28. The summed E-state index contributed by atoms with van der Waals surface area (Å²) in [5.41, 5.74) is 2.27. The third-order valence-electron chi connectivity index (χ3n) is 2.87. The molecular formula is C15H18N2OS. The van der Waals surface area contributed by atoms with Gasteiger partial charge in [-0.15, -0.1) is 0 Å². The van der Waals surface area contributed by atoms with E-state index in [0.29, 0.717) is 13.1 Å². The number of hydrogen-bond donors (Lipinski definition) is 0. The van der Waals surface area contributed by atoms with Gasteiger partial charge < -0.3 is 0 Å². The Morgan fingerprint density at radius 1 is 1.26 bits per heavy atom. The molecule has 0 bridgehead atoms. The van der Waals surface area contributed by atoms with Crippen LogP contribution in [0.25, 0.3) is 6.08 Å². The minimum atomic E-state index is 0.0558. The van der Waals surface area contributed by atoms with Gasteiger partial charge in [-0.3, -0.25) is 14.7 Å². The zero-order valence-electron chi connectivity index (χ0n) is 11.5. The van der Waals surface area contributed by atoms with Crippen molar-refractivity contribution in [3.63, 3.8) is 0 Å². The van der Waals surface area contributed by atoms with Gasteiger partial charge in [-0.25, -0.2) is 0 Å². The van der Waals surface area contributed by atoms with Crippen LogP contribution in [-0.2, 0) is 4.79 Å². The van der Waals surface area contributed by atoms with E-state index < -0.39 is 0 Å². The molecule has 0 radical (unpaired) electrons. The lowest BCUT2D eigenvalue weighted by molar-refractivity contribution is -0.122. The summed E-state index contributed by atoms with van der Waals surface area (Å²) in [6.07, 6.45) is 1.94. The summed E-state index contributed by atoms with van der Waals surface area (Å²) in [6.45, 7) is 7.36. The van der Waals surface area contributed by atoms with E-state index in [4.69, 9.17) is 0 Å². The van der Waals surface area contributed by atoms with Crippen LogP contribution in [0.15, 0.2) is 34.2 Å². The molecule has 1 saturated heterocycles. The van der Waals surface area contributed by atoms with E-state index in [1.165, 1.54) is 17.3 Å². The van der Waals surface area contributed by atoms with Gasteiger partial charge in [0.2, 0.25) is 0 Å². The van der Waals surface area contributed by atoms with Crippen LogP contribution in [0, 0.1) is 6.92 Å². The van der Waals surface area contributed by atoms with Gasteiger partial charge in [-0.2, -0.15) is 0 Å². The van der Waals surface area contributed by atoms with Crippen molar-refractivity contribution in [1.29, 1.82) is 0 Å². The average molecular weight is 274 g/mol. The van der Waals surface area contributed by atoms with Crippen LogP contribution in [0.1, 0.15) is 25.0 Å². The van der Waals surface area contributed by atoms with E-state index in [2.05, 4.69) is 24.0 Å². The van der Waals surface area contributed by atoms with Crippen molar-refractivity contribution in [2.75, 3.05) is 13.1 Å². The number of aliphatic imine (C=N–C) groups is 1. The highest BCUT2D eigenvalue weighted by atomic mass is 32.2. The van der Waals surface area contributed by atoms with E-state index in [-0.39, 0.29) is 5.91 Å². The number of likely N-dealkylation sites (N-methyl/N-ethyl adjacent to an activating group) is 1. The number of benzene rings is 1. The number of carbonyl (C=O) groups is 1. The maximum atomic E-state index is 12.2. The van der Waals surface area contributed by atoms with Gasteiger partial charge in [0.15, 0.2) is 5.17 Å². The Morgan fingerprint density at radius 2 is 1.95 bits per heavy atom. The number of amidine groups is 1. The maximum Gasteiger partial charge on any atom is 0.266 e. The van der Waals surface area contributed by atoms with Crippen LogP contribution in [0.2, 0.25) is 0 Å². The molecule has 1 aliphatic rings. The molecule has 0 saturated carbocycles. The van der Waals surface area contributed by atoms with Crippen LogP contribution >= 0.6 is 11.8 Å². The van der Waals surface area contributed by atoms with Gasteiger partial charge in [0, 0.05) is 13.1 Å². The van der Waals surface area contributed by atoms with Crippen molar-refractivity contribution in [1.82, 2.24) is 4.90 Å². The second-order valence-electron chi connectivity index (χ2n) is 4.33. The fourth-order valence-electron chi connectivity index (χ4n) is 1.85. The first kappa shape index (κ1) is 13.9. The van der Waals surface area contributed by atoms with Crippen molar-refractivity contribution >= 4 is 28.9 Å². The van der Waals surface area contributed by atoms with Crippen molar-refractivity contribution in [3.8, 4) is 0 Å². The number of rotatable bonds is 3. The highest BCUT2D eigenvalue weighted by molar-refractivity contribution is 8.18. The third kappa shape index (κ3) is 3.07. The number of thioether (sulfide) groups is 1. The summed E-state index contributed by atoms with van der Waals surface area (Å²) in [5, 5.41) is 0.813. The Hall–Kier alpha value is -1.55. The summed E-state index contributed by atoms with van der Waals surface area (Å²) in [7, 11) is 0. The molecule has 0 aromatic heterocycles. The van der Waals surface area contributed by atoms with Gasteiger partial charge in [0.05, 0.1) is 4.91 Å². The van der Waals surface area contributed by atoms with Crippen molar-refractivity contribution < 1.29 is 4.79 Å². The van der Waals surface area contributed by atoms with Gasteiger partial charge >= 0.3 is 0 Å². The lowest BCUT2D eigenvalue weighted by atomic mass is 10.1. The standard InChI is InChI=1S/C15H18N2OS/c1-4-16-15-17(5-2)14(18)13(19-15)10-12-8-6-11(3)7-9-12/h6-10H,4-5H2,1-3H3/b13-10-,16-15?. The van der Waals surface area contributed by atoms with Gasteiger partial charge in [-0.1, -0.05) is 29.8 Å². The maximum absolute atomic E-state index is 12.2. The first-order chi connectivity index (χ1) is 9.15. The Kier molecular flexibility index (Phi) is 4.43. The van der Waals surface area contributed by atoms with E-state index >= 15 is 0 Å². The molecule has 4 heteroatoms. The lowest BCUT2D eigenvalue weighted by Gasteiger charge is -2.11. The molecular weight excluding hydrogens is 256 g/mol. The highest BCUT2D eigenvalue weighted by Crippen LogP contribution is 2.32. The number of hydrogen-bond acceptors (Lipinski definition) is 3. The van der Waals surface area contributed by atoms with Crippen LogP contribution in [0.5, 0.6) is 0 Å². The van der Waals surface area contributed by atoms with Crippen molar-refractivity contribution in [2.24, 2.45) is 4.99 Å². The van der Waals surface area contributed by atoms with Crippen LogP contribution < -0.4 is 0 Å². The number of amides is 1. The number of aryl methyl sites for hydroxylation is 1. The Labute approximate surface area is 118 Å². The number of carbonyl (C=O) groups excluding carboxylic acids is 1. The predicted molar refractivity (Wildman–Crippen MR) is 82.1 cm³/mol. The molecule has 1 fully saturated rings. The summed E-state index contributed by atoms with van der Waals surface area (Å²) in [5.74, 6) is 0.0558. The fraction of sp³-hybridized carbons (Fsp3) is 0.333. The average Bonchev–Trinajstić information content (AvgIpc) is 2.69. The smallest absolute Gasteiger partial charge is 0.266 e. The minimum Gasteiger partial charge on any atom is -0.287 e. The van der Waals surface area contributed by atoms with Gasteiger partial charge in [-0.05, 0) is 44.2 Å². The zero-order valence-corrected chi connectivity index (χ0v) is 12.3. The predicted octanol–water partition coefficient (Wildman–Crippen LogP) is 3.31. The van der Waals surface area contributed by atoms with Gasteiger partial charge in [0.1, 0.15) is 0 Å². The second kappa shape index (κ2) is 6.06. The Balaban J connectivity index is 2.28. The summed E-state index contributed by atoms with van der Waals surface area (Å²) in [6, 6.07) is 8.16. The molecule has 3 nitrogen and oxygen atoms in total. The highest BCUT2D eigenvalue weighted by Gasteiger charge is 2.31. The van der Waals surface area contributed by atoms with E-state index in [1.54, 1.807) is 4.90 Å². The van der Waals surface area contributed by atoms with E-state index in [0.717, 1.165) is 15.6 Å². The second-order valence-corrected chi connectivity index (χ2v) is 5.34. The molecule has 0 atom stereocenters. The molecule has 2 rings (SSSR count). The van der Waals surface area contributed by atoms with Crippen molar-refractivity contribution in [3.05, 3.63) is 40.3 Å². The molecule has 100 valence electrons. The van der Waals surface area contributed by atoms with E-state index in [1.807, 2.05) is 32.1 Å². The molecule has 1 heterocycles. The van der Waals surface area contributed by atoms with Crippen LogP contribution in [-0.4, -0.2) is 29.1 Å². The Morgan fingerprint density at radius 3 is 2.53 bits per heavy atom. The van der Waals surface area contributed by atoms with Crippen LogP contribution in [0.3, 0.4) is 0 Å². The zero-order chi connectivity index (χ0) is 13.8. The summed E-state index contributed by atoms with van der Waals surface area (Å²) < 4.78 is 0. The first-order valence-corrected chi connectivity index (χ1v) is 7.30. The molecule has 1 aliphatic heterocycles. The molecule has 19 heavy (non-hydrogen) atoms.